The summed E-state index contributed by atoms with van der Waals surface area (Å²) in [5.41, 5.74) is 3.94. The fraction of sp³-hybridized carbons (Fsp3) is 0.455. The Hall–Kier alpha value is -1.71. The van der Waals surface area contributed by atoms with E-state index in [-0.39, 0.29) is 6.61 Å². The lowest BCUT2D eigenvalue weighted by atomic mass is 9.86. The van der Waals surface area contributed by atoms with Gasteiger partial charge in [-0.3, -0.25) is 0 Å². The lowest BCUT2D eigenvalue weighted by molar-refractivity contribution is -0.368. The Kier molecular flexibility index (Phi) is 5.80. The van der Waals surface area contributed by atoms with Gasteiger partial charge in [-0.2, -0.15) is 0 Å². The van der Waals surface area contributed by atoms with Crippen molar-refractivity contribution in [3.05, 3.63) is 63.2 Å². The monoisotopic (exact) mass is 436 g/mol. The molecule has 4 rings (SSSR count). The summed E-state index contributed by atoms with van der Waals surface area (Å²) in [6, 6.07) is 9.40. The summed E-state index contributed by atoms with van der Waals surface area (Å²) in [6.07, 6.45) is -5.16. The van der Waals surface area contributed by atoms with Crippen molar-refractivity contribution >= 4 is 11.6 Å². The van der Waals surface area contributed by atoms with Gasteiger partial charge in [0.25, 0.3) is 0 Å². The molecule has 0 aromatic heterocycles. The first-order chi connectivity index (χ1) is 14.3. The molecule has 0 unspecified atom stereocenters. The normalized spacial score (nSPS) is 30.5. The Balaban J connectivity index is 1.76. The van der Waals surface area contributed by atoms with E-state index in [4.69, 9.17) is 25.8 Å². The smallest absolute Gasteiger partial charge is 0.225 e. The van der Waals surface area contributed by atoms with Crippen molar-refractivity contribution in [3.63, 3.8) is 0 Å². The number of halogens is 1. The van der Waals surface area contributed by atoms with E-state index in [0.29, 0.717) is 22.6 Å². The van der Waals surface area contributed by atoms with Gasteiger partial charge in [0.05, 0.1) is 20.3 Å². The van der Waals surface area contributed by atoms with Crippen molar-refractivity contribution in [2.24, 2.45) is 0 Å². The molecule has 0 amide bonds. The Bertz CT molecular complexity index is 947. The number of fused-ring (bicyclic) bond motifs is 2. The molecule has 1 fully saturated rings. The second-order valence-electron chi connectivity index (χ2n) is 7.77. The number of aryl methyl sites for hydroxylation is 1. The molecular formula is C22H25ClO7. The third-order valence-corrected chi connectivity index (χ3v) is 6.27. The molecule has 2 heterocycles. The fourth-order valence-electron chi connectivity index (χ4n) is 4.33. The largest absolute Gasteiger partial charge is 0.496 e. The number of rotatable bonds is 4. The molecule has 8 heteroatoms. The van der Waals surface area contributed by atoms with E-state index in [1.165, 1.54) is 0 Å². The van der Waals surface area contributed by atoms with Gasteiger partial charge in [0.2, 0.25) is 5.79 Å². The standard InChI is InChI=1S/C22H25ClO7/c1-11-4-3-5-12(20(11)28-2)6-13-7-15-14(8-16(13)23)10-29-22(15)21(27)19(26)18(25)17(9-24)30-22/h3-5,7-8,17-19,21,24-27H,6,9-10H2,1-2H3/t17-,18-,19+,21-,22+/m1/s1. The van der Waals surface area contributed by atoms with Crippen LogP contribution in [0.3, 0.4) is 0 Å². The maximum absolute atomic E-state index is 10.7. The molecule has 2 aliphatic rings. The van der Waals surface area contributed by atoms with E-state index in [9.17, 15) is 20.4 Å². The zero-order valence-corrected chi connectivity index (χ0v) is 17.5. The predicted octanol–water partition coefficient (Wildman–Crippen LogP) is 1.40. The van der Waals surface area contributed by atoms with Crippen LogP contribution in [0.2, 0.25) is 5.02 Å². The van der Waals surface area contributed by atoms with Crippen molar-refractivity contribution in [3.8, 4) is 5.75 Å². The second kappa shape index (κ2) is 8.09. The summed E-state index contributed by atoms with van der Waals surface area (Å²) >= 11 is 6.54. The zero-order chi connectivity index (χ0) is 21.6. The van der Waals surface area contributed by atoms with Crippen molar-refractivity contribution in [1.82, 2.24) is 0 Å². The van der Waals surface area contributed by atoms with Gasteiger partial charge < -0.3 is 34.6 Å². The van der Waals surface area contributed by atoms with E-state index in [1.807, 2.05) is 25.1 Å². The number of para-hydroxylation sites is 1. The van der Waals surface area contributed by atoms with Crippen molar-refractivity contribution in [2.45, 2.75) is 50.2 Å². The molecule has 0 bridgehead atoms. The number of benzene rings is 2. The highest BCUT2D eigenvalue weighted by molar-refractivity contribution is 6.31. The quantitative estimate of drug-likeness (QED) is 0.573. The second-order valence-corrected chi connectivity index (χ2v) is 8.17. The molecule has 4 N–H and O–H groups in total. The van der Waals surface area contributed by atoms with Crippen molar-refractivity contribution in [2.75, 3.05) is 13.7 Å². The van der Waals surface area contributed by atoms with Gasteiger partial charge >= 0.3 is 0 Å². The van der Waals surface area contributed by atoms with Crippen LogP contribution in [0.4, 0.5) is 0 Å². The van der Waals surface area contributed by atoms with E-state index in [2.05, 4.69) is 0 Å². The average Bonchev–Trinajstić information content (AvgIpc) is 3.07. The van der Waals surface area contributed by atoms with Crippen LogP contribution < -0.4 is 4.74 Å². The van der Waals surface area contributed by atoms with E-state index in [0.717, 1.165) is 22.4 Å². The molecular weight excluding hydrogens is 412 g/mol. The molecule has 162 valence electrons. The van der Waals surface area contributed by atoms with Crippen LogP contribution in [-0.4, -0.2) is 58.6 Å². The van der Waals surface area contributed by atoms with Crippen LogP contribution in [0.15, 0.2) is 30.3 Å². The molecule has 7 nitrogen and oxygen atoms in total. The Morgan fingerprint density at radius 1 is 1.17 bits per heavy atom. The van der Waals surface area contributed by atoms with Crippen molar-refractivity contribution < 1.29 is 34.6 Å². The molecule has 0 aliphatic carbocycles. The maximum Gasteiger partial charge on any atom is 0.225 e. The van der Waals surface area contributed by atoms with Crippen LogP contribution in [0.1, 0.15) is 27.8 Å². The van der Waals surface area contributed by atoms with Crippen LogP contribution in [-0.2, 0) is 28.3 Å². The van der Waals surface area contributed by atoms with Crippen molar-refractivity contribution in [1.29, 1.82) is 0 Å². The van der Waals surface area contributed by atoms with Crippen LogP contribution in [0.5, 0.6) is 5.75 Å². The van der Waals surface area contributed by atoms with Gasteiger partial charge in [-0.05, 0) is 41.3 Å². The third-order valence-electron chi connectivity index (χ3n) is 5.92. The summed E-state index contributed by atoms with van der Waals surface area (Å²) in [7, 11) is 1.62. The predicted molar refractivity (Wildman–Crippen MR) is 108 cm³/mol. The average molecular weight is 437 g/mol. The minimum Gasteiger partial charge on any atom is -0.496 e. The first-order valence-corrected chi connectivity index (χ1v) is 10.1. The van der Waals surface area contributed by atoms with E-state index < -0.39 is 36.8 Å². The molecule has 2 aromatic carbocycles. The summed E-state index contributed by atoms with van der Waals surface area (Å²) in [6.45, 7) is 1.54. The highest BCUT2D eigenvalue weighted by Gasteiger charge is 2.58. The van der Waals surface area contributed by atoms with Crippen LogP contribution in [0, 0.1) is 6.92 Å². The number of hydrogen-bond acceptors (Lipinski definition) is 7. The molecule has 0 radical (unpaired) electrons. The third kappa shape index (κ3) is 3.31. The van der Waals surface area contributed by atoms with Crippen LogP contribution >= 0.6 is 11.6 Å². The van der Waals surface area contributed by atoms with Gasteiger partial charge in [-0.25, -0.2) is 0 Å². The first-order valence-electron chi connectivity index (χ1n) is 9.73. The molecule has 30 heavy (non-hydrogen) atoms. The number of ether oxygens (including phenoxy) is 3. The lowest BCUT2D eigenvalue weighted by Gasteiger charge is -2.46. The molecule has 2 aromatic rings. The summed E-state index contributed by atoms with van der Waals surface area (Å²) < 4.78 is 17.2. The fourth-order valence-corrected chi connectivity index (χ4v) is 4.59. The lowest BCUT2D eigenvalue weighted by Crippen LogP contribution is -2.63. The topological polar surface area (TPSA) is 109 Å². The zero-order valence-electron chi connectivity index (χ0n) is 16.7. The van der Waals surface area contributed by atoms with E-state index >= 15 is 0 Å². The Morgan fingerprint density at radius 3 is 2.63 bits per heavy atom. The minimum absolute atomic E-state index is 0.112. The number of aliphatic hydroxyl groups excluding tert-OH is 4. The molecule has 1 spiro atoms. The SMILES string of the molecule is COc1c(C)cccc1Cc1cc2c(cc1Cl)CO[C@]21O[C@H](CO)[C@@H](O)[C@H](O)[C@H]1O. The van der Waals surface area contributed by atoms with Gasteiger partial charge in [0, 0.05) is 17.0 Å². The van der Waals surface area contributed by atoms with Gasteiger partial charge in [0.1, 0.15) is 30.2 Å². The summed E-state index contributed by atoms with van der Waals surface area (Å²) in [5.74, 6) is -0.926. The molecule has 0 saturated carbocycles. The van der Waals surface area contributed by atoms with E-state index in [1.54, 1.807) is 19.2 Å². The van der Waals surface area contributed by atoms with Gasteiger partial charge in [-0.15, -0.1) is 0 Å². The maximum atomic E-state index is 10.7. The number of aliphatic hydroxyl groups is 4. The minimum atomic E-state index is -1.70. The molecule has 2 aliphatic heterocycles. The first kappa shape index (κ1) is 21.5. The molecule has 1 saturated heterocycles. The van der Waals surface area contributed by atoms with Gasteiger partial charge in [-0.1, -0.05) is 29.8 Å². The van der Waals surface area contributed by atoms with Gasteiger partial charge in [0.15, 0.2) is 0 Å². The Morgan fingerprint density at radius 2 is 1.93 bits per heavy atom. The Labute approximate surface area is 179 Å². The molecule has 5 atom stereocenters. The highest BCUT2D eigenvalue weighted by atomic mass is 35.5. The van der Waals surface area contributed by atoms with Crippen LogP contribution in [0.25, 0.3) is 0 Å². The number of hydrogen-bond donors (Lipinski definition) is 4. The summed E-state index contributed by atoms with van der Waals surface area (Å²) in [5, 5.41) is 41.3. The summed E-state index contributed by atoms with van der Waals surface area (Å²) in [4.78, 5) is 0. The number of methoxy groups -OCH3 is 1. The highest BCUT2D eigenvalue weighted by Crippen LogP contribution is 2.47.